The summed E-state index contributed by atoms with van der Waals surface area (Å²) in [6.45, 7) is 0.405. The van der Waals surface area contributed by atoms with E-state index in [2.05, 4.69) is 4.99 Å². The molecule has 2 atom stereocenters. The Labute approximate surface area is 129 Å². The zero-order valence-electron chi connectivity index (χ0n) is 11.8. The highest BCUT2D eigenvalue weighted by Gasteiger charge is 2.55. The molecule has 1 aromatic carbocycles. The Bertz CT molecular complexity index is 704. The number of hydrogen-bond donors (Lipinski definition) is 1. The minimum Gasteiger partial charge on any atom is -0.369 e. The van der Waals surface area contributed by atoms with Crippen LogP contribution in [0.25, 0.3) is 0 Å². The average Bonchev–Trinajstić information content (AvgIpc) is 2.96. The fourth-order valence-electron chi connectivity index (χ4n) is 3.66. The summed E-state index contributed by atoms with van der Waals surface area (Å²) in [6.07, 6.45) is 3.54. The number of rotatable bonds is 2. The number of halogens is 1. The molecule has 1 saturated carbocycles. The lowest BCUT2D eigenvalue weighted by atomic mass is 9.95. The number of nitrogens with two attached hydrogens (primary N) is 1. The number of guanidine groups is 1. The lowest BCUT2D eigenvalue weighted by Gasteiger charge is -2.40. The molecular formula is C14H18ClN3O2S. The molecule has 0 aromatic heterocycles. The highest BCUT2D eigenvalue weighted by molar-refractivity contribution is 7.91. The van der Waals surface area contributed by atoms with Gasteiger partial charge in [0.2, 0.25) is 0 Å². The molecule has 1 spiro atoms. The molecule has 1 aliphatic carbocycles. The lowest BCUT2D eigenvalue weighted by Crippen LogP contribution is -2.58. The Hall–Kier alpha value is -1.27. The third-order valence-corrected chi connectivity index (χ3v) is 6.50. The highest BCUT2D eigenvalue weighted by Crippen LogP contribution is 2.45. The molecule has 2 N–H and O–H groups in total. The number of benzene rings is 1. The van der Waals surface area contributed by atoms with E-state index in [1.54, 1.807) is 6.07 Å². The van der Waals surface area contributed by atoms with Gasteiger partial charge in [-0.2, -0.15) is 0 Å². The summed E-state index contributed by atoms with van der Waals surface area (Å²) in [5.74, 6) is 0.346. The van der Waals surface area contributed by atoms with Crippen LogP contribution >= 0.6 is 11.6 Å². The monoisotopic (exact) mass is 327 g/mol. The van der Waals surface area contributed by atoms with Crippen LogP contribution in [0.3, 0.4) is 0 Å². The van der Waals surface area contributed by atoms with Crippen LogP contribution in [-0.4, -0.2) is 38.0 Å². The molecule has 0 amide bonds. The van der Waals surface area contributed by atoms with Gasteiger partial charge in [-0.05, 0) is 31.4 Å². The van der Waals surface area contributed by atoms with E-state index in [0.717, 1.165) is 18.5 Å². The van der Waals surface area contributed by atoms with Crippen molar-refractivity contribution in [2.75, 3.05) is 17.7 Å². The summed E-state index contributed by atoms with van der Waals surface area (Å²) in [5.41, 5.74) is 6.20. The minimum atomic E-state index is -3.19. The van der Waals surface area contributed by atoms with Crippen molar-refractivity contribution in [3.8, 4) is 0 Å². The van der Waals surface area contributed by atoms with Gasteiger partial charge in [0.05, 0.1) is 28.0 Å². The standard InChI is InChI=1S/C14H18ClN3O2S/c1-21(19,20)12-7-4-8-14(12)9-17-13(16)18(14)11-6-3-2-5-10(11)15/h2-3,5-6,12H,4,7-9H2,1H3,(H2,16,17). The van der Waals surface area contributed by atoms with Crippen molar-refractivity contribution in [3.05, 3.63) is 29.3 Å². The summed E-state index contributed by atoms with van der Waals surface area (Å²) in [7, 11) is -3.19. The van der Waals surface area contributed by atoms with E-state index >= 15 is 0 Å². The van der Waals surface area contributed by atoms with Crippen molar-refractivity contribution in [1.82, 2.24) is 0 Å². The second-order valence-corrected chi connectivity index (χ2v) is 8.41. The van der Waals surface area contributed by atoms with Crippen LogP contribution in [0, 0.1) is 0 Å². The van der Waals surface area contributed by atoms with Crippen molar-refractivity contribution < 1.29 is 8.42 Å². The smallest absolute Gasteiger partial charge is 0.196 e. The van der Waals surface area contributed by atoms with Gasteiger partial charge < -0.3 is 10.6 Å². The second-order valence-electron chi connectivity index (χ2n) is 5.78. The first kappa shape index (κ1) is 14.7. The first-order valence-electron chi connectivity index (χ1n) is 6.90. The van der Waals surface area contributed by atoms with E-state index in [9.17, 15) is 8.42 Å². The van der Waals surface area contributed by atoms with Crippen LogP contribution in [0.1, 0.15) is 19.3 Å². The summed E-state index contributed by atoms with van der Waals surface area (Å²) in [4.78, 5) is 6.17. The van der Waals surface area contributed by atoms with Crippen LogP contribution in [-0.2, 0) is 9.84 Å². The molecule has 1 aromatic rings. The second kappa shape index (κ2) is 4.88. The molecule has 1 aliphatic heterocycles. The van der Waals surface area contributed by atoms with E-state index in [1.807, 2.05) is 23.1 Å². The number of sulfone groups is 1. The van der Waals surface area contributed by atoms with Crippen molar-refractivity contribution in [3.63, 3.8) is 0 Å². The molecule has 0 bridgehead atoms. The molecule has 3 rings (SSSR count). The maximum absolute atomic E-state index is 12.2. The molecule has 114 valence electrons. The van der Waals surface area contributed by atoms with Gasteiger partial charge in [0.1, 0.15) is 0 Å². The number of hydrogen-bond acceptors (Lipinski definition) is 5. The Morgan fingerprint density at radius 1 is 1.43 bits per heavy atom. The van der Waals surface area contributed by atoms with E-state index in [1.165, 1.54) is 6.26 Å². The molecule has 1 fully saturated rings. The molecule has 7 heteroatoms. The fourth-order valence-corrected chi connectivity index (χ4v) is 5.57. The van der Waals surface area contributed by atoms with Crippen LogP contribution < -0.4 is 10.6 Å². The molecule has 2 aliphatic rings. The molecule has 0 radical (unpaired) electrons. The van der Waals surface area contributed by atoms with Crippen molar-refractivity contribution in [2.45, 2.75) is 30.1 Å². The van der Waals surface area contributed by atoms with Gasteiger partial charge in [-0.1, -0.05) is 23.7 Å². The first-order valence-corrected chi connectivity index (χ1v) is 9.23. The van der Waals surface area contributed by atoms with Crippen molar-refractivity contribution >= 4 is 33.1 Å². The largest absolute Gasteiger partial charge is 0.369 e. The SMILES string of the molecule is CS(=O)(=O)C1CCCC12CN=C(N)N2c1ccccc1Cl. The summed E-state index contributed by atoms with van der Waals surface area (Å²) in [5, 5.41) is 0.0853. The molecule has 2 unspecified atom stereocenters. The summed E-state index contributed by atoms with van der Waals surface area (Å²) < 4.78 is 24.4. The van der Waals surface area contributed by atoms with Crippen LogP contribution in [0.4, 0.5) is 5.69 Å². The third kappa shape index (κ3) is 2.21. The molecule has 21 heavy (non-hydrogen) atoms. The van der Waals surface area contributed by atoms with Gasteiger partial charge in [0.15, 0.2) is 15.8 Å². The van der Waals surface area contributed by atoms with E-state index < -0.39 is 20.6 Å². The first-order chi connectivity index (χ1) is 9.86. The molecular weight excluding hydrogens is 310 g/mol. The Balaban J connectivity index is 2.13. The van der Waals surface area contributed by atoms with Gasteiger partial charge in [-0.15, -0.1) is 0 Å². The number of para-hydroxylation sites is 1. The quantitative estimate of drug-likeness (QED) is 0.898. The summed E-state index contributed by atoms with van der Waals surface area (Å²) >= 11 is 6.29. The zero-order valence-corrected chi connectivity index (χ0v) is 13.4. The Morgan fingerprint density at radius 3 is 2.81 bits per heavy atom. The topological polar surface area (TPSA) is 75.8 Å². The Morgan fingerprint density at radius 2 is 2.14 bits per heavy atom. The fraction of sp³-hybridized carbons (Fsp3) is 0.500. The highest BCUT2D eigenvalue weighted by atomic mass is 35.5. The predicted molar refractivity (Wildman–Crippen MR) is 85.6 cm³/mol. The maximum Gasteiger partial charge on any atom is 0.196 e. The van der Waals surface area contributed by atoms with E-state index in [-0.39, 0.29) is 0 Å². The summed E-state index contributed by atoms with van der Waals surface area (Å²) in [6, 6.07) is 7.34. The van der Waals surface area contributed by atoms with Crippen LogP contribution in [0.15, 0.2) is 29.3 Å². The van der Waals surface area contributed by atoms with Crippen molar-refractivity contribution in [1.29, 1.82) is 0 Å². The number of anilines is 1. The van der Waals surface area contributed by atoms with Gasteiger partial charge in [-0.3, -0.25) is 4.99 Å². The van der Waals surface area contributed by atoms with Crippen LogP contribution in [0.2, 0.25) is 5.02 Å². The molecule has 1 heterocycles. The van der Waals surface area contributed by atoms with Gasteiger partial charge >= 0.3 is 0 Å². The lowest BCUT2D eigenvalue weighted by molar-refractivity contribution is 0.462. The normalized spacial score (nSPS) is 29.1. The minimum absolute atomic E-state index is 0.346. The van der Waals surface area contributed by atoms with Crippen molar-refractivity contribution in [2.24, 2.45) is 10.7 Å². The maximum atomic E-state index is 12.2. The Kier molecular flexibility index (Phi) is 3.41. The van der Waals surface area contributed by atoms with E-state index in [0.29, 0.717) is 23.9 Å². The van der Waals surface area contributed by atoms with Crippen LogP contribution in [0.5, 0.6) is 0 Å². The van der Waals surface area contributed by atoms with E-state index in [4.69, 9.17) is 17.3 Å². The molecule has 0 saturated heterocycles. The predicted octanol–water partition coefficient (Wildman–Crippen LogP) is 1.81. The van der Waals surface area contributed by atoms with Gasteiger partial charge in [0, 0.05) is 6.26 Å². The number of aliphatic imine (C=N–C) groups is 1. The zero-order chi connectivity index (χ0) is 15.3. The average molecular weight is 328 g/mol. The third-order valence-electron chi connectivity index (χ3n) is 4.47. The number of nitrogens with zero attached hydrogens (tertiary/aromatic N) is 2. The molecule has 5 nitrogen and oxygen atoms in total. The van der Waals surface area contributed by atoms with Gasteiger partial charge in [-0.25, -0.2) is 8.42 Å². The van der Waals surface area contributed by atoms with Gasteiger partial charge in [0.25, 0.3) is 0 Å².